The van der Waals surface area contributed by atoms with Crippen LogP contribution in [-0.2, 0) is 19.4 Å². The molecule has 0 saturated carbocycles. The van der Waals surface area contributed by atoms with E-state index >= 15 is 0 Å². The van der Waals surface area contributed by atoms with Crippen molar-refractivity contribution in [2.45, 2.75) is 31.8 Å². The minimum atomic E-state index is 0.306. The summed E-state index contributed by atoms with van der Waals surface area (Å²) in [5, 5.41) is 9.97. The summed E-state index contributed by atoms with van der Waals surface area (Å²) < 4.78 is 6.06. The van der Waals surface area contributed by atoms with E-state index < -0.39 is 0 Å². The molecule has 0 amide bonds. The molecule has 5 rings (SSSR count). The van der Waals surface area contributed by atoms with Crippen molar-refractivity contribution in [1.29, 1.82) is 5.26 Å². The molecule has 1 aliphatic carbocycles. The SMILES string of the molecule is N#Cc1c(N)nc2c(c1-c1cccc(OCc3ccccc3)c1)CC(c1ccccc1)CC2. The molecule has 0 saturated heterocycles. The van der Waals surface area contributed by atoms with Gasteiger partial charge in [0.15, 0.2) is 0 Å². The number of ether oxygens (including phenoxy) is 1. The maximum Gasteiger partial charge on any atom is 0.142 e. The second-order valence-corrected chi connectivity index (χ2v) is 8.44. The summed E-state index contributed by atoms with van der Waals surface area (Å²) >= 11 is 0. The van der Waals surface area contributed by atoms with Gasteiger partial charge in [-0.1, -0.05) is 72.8 Å². The first-order valence-corrected chi connectivity index (χ1v) is 11.3. The van der Waals surface area contributed by atoms with Gasteiger partial charge in [0.25, 0.3) is 0 Å². The Balaban J connectivity index is 1.53. The highest BCUT2D eigenvalue weighted by Gasteiger charge is 2.27. The Bertz CT molecular complexity index is 1310. The zero-order chi connectivity index (χ0) is 22.6. The zero-order valence-corrected chi connectivity index (χ0v) is 18.4. The lowest BCUT2D eigenvalue weighted by molar-refractivity contribution is 0.306. The Kier molecular flexibility index (Phi) is 5.78. The number of nitriles is 1. The predicted octanol–water partition coefficient (Wildman–Crippen LogP) is 6.05. The average Bonchev–Trinajstić information content (AvgIpc) is 2.87. The fraction of sp³-hybridized carbons (Fsp3) is 0.172. The molecule has 3 aromatic carbocycles. The van der Waals surface area contributed by atoms with Crippen LogP contribution in [0.3, 0.4) is 0 Å². The van der Waals surface area contributed by atoms with Gasteiger partial charge in [-0.05, 0) is 59.6 Å². The van der Waals surface area contributed by atoms with Crippen LogP contribution >= 0.6 is 0 Å². The summed E-state index contributed by atoms with van der Waals surface area (Å²) in [6.07, 6.45) is 2.71. The Morgan fingerprint density at radius 2 is 1.73 bits per heavy atom. The van der Waals surface area contributed by atoms with Crippen molar-refractivity contribution < 1.29 is 4.74 Å². The van der Waals surface area contributed by atoms with Crippen LogP contribution < -0.4 is 10.5 Å². The third kappa shape index (κ3) is 4.31. The number of fused-ring (bicyclic) bond motifs is 1. The van der Waals surface area contributed by atoms with Crippen molar-refractivity contribution in [3.63, 3.8) is 0 Å². The van der Waals surface area contributed by atoms with E-state index in [4.69, 9.17) is 10.5 Å². The quantitative estimate of drug-likeness (QED) is 0.417. The molecule has 4 nitrogen and oxygen atoms in total. The molecule has 162 valence electrons. The summed E-state index contributed by atoms with van der Waals surface area (Å²) in [7, 11) is 0. The number of nitrogens with two attached hydrogens (primary N) is 1. The lowest BCUT2D eigenvalue weighted by Gasteiger charge is -2.27. The third-order valence-corrected chi connectivity index (χ3v) is 6.35. The van der Waals surface area contributed by atoms with Crippen molar-refractivity contribution in [3.8, 4) is 22.9 Å². The van der Waals surface area contributed by atoms with E-state index in [1.165, 1.54) is 5.56 Å². The third-order valence-electron chi connectivity index (χ3n) is 6.35. The van der Waals surface area contributed by atoms with Gasteiger partial charge in [-0.25, -0.2) is 4.98 Å². The number of pyridine rings is 1. The van der Waals surface area contributed by atoms with Gasteiger partial charge in [0.05, 0.1) is 0 Å². The largest absolute Gasteiger partial charge is 0.489 e. The topological polar surface area (TPSA) is 71.9 Å². The summed E-state index contributed by atoms with van der Waals surface area (Å²) in [5.74, 6) is 1.46. The van der Waals surface area contributed by atoms with Gasteiger partial charge in [-0.2, -0.15) is 5.26 Å². The highest BCUT2D eigenvalue weighted by Crippen LogP contribution is 2.41. The maximum atomic E-state index is 9.97. The first-order valence-electron chi connectivity index (χ1n) is 11.3. The van der Waals surface area contributed by atoms with Crippen LogP contribution in [0.5, 0.6) is 5.75 Å². The van der Waals surface area contributed by atoms with Crippen LogP contribution in [0.4, 0.5) is 5.82 Å². The Hall–Kier alpha value is -4.10. The molecule has 0 spiro atoms. The first kappa shape index (κ1) is 20.8. The molecular formula is C29H25N3O. The molecule has 4 heteroatoms. The summed E-state index contributed by atoms with van der Waals surface area (Å²) in [6.45, 7) is 0.488. The number of hydrogen-bond donors (Lipinski definition) is 1. The standard InChI is InChI=1S/C29H25N3O/c30-18-26-28(23-12-7-13-24(16-23)33-19-20-8-3-1-4-9-20)25-17-22(21-10-5-2-6-11-21)14-15-27(25)32-29(26)31/h1-13,16,22H,14-15,17,19H2,(H2,31,32). The number of aryl methyl sites for hydroxylation is 1. The zero-order valence-electron chi connectivity index (χ0n) is 18.4. The van der Waals surface area contributed by atoms with Gasteiger partial charge in [0.1, 0.15) is 29.8 Å². The van der Waals surface area contributed by atoms with Gasteiger partial charge < -0.3 is 10.5 Å². The van der Waals surface area contributed by atoms with Crippen molar-refractivity contribution >= 4 is 5.82 Å². The van der Waals surface area contributed by atoms with E-state index in [-0.39, 0.29) is 0 Å². The predicted molar refractivity (Wildman–Crippen MR) is 131 cm³/mol. The normalized spacial score (nSPS) is 14.8. The number of anilines is 1. The van der Waals surface area contributed by atoms with Crippen molar-refractivity contribution in [2.24, 2.45) is 0 Å². The molecule has 1 atom stereocenters. The van der Waals surface area contributed by atoms with Gasteiger partial charge >= 0.3 is 0 Å². The molecule has 2 N–H and O–H groups in total. The van der Waals surface area contributed by atoms with Gasteiger partial charge in [0, 0.05) is 11.3 Å². The molecule has 0 bridgehead atoms. The molecule has 1 unspecified atom stereocenters. The Labute approximate surface area is 194 Å². The average molecular weight is 432 g/mol. The van der Waals surface area contributed by atoms with Crippen LogP contribution in [0.1, 0.15) is 40.3 Å². The minimum Gasteiger partial charge on any atom is -0.489 e. The number of nitrogen functional groups attached to an aromatic ring is 1. The molecule has 33 heavy (non-hydrogen) atoms. The van der Waals surface area contributed by atoms with E-state index in [2.05, 4.69) is 35.3 Å². The Morgan fingerprint density at radius 3 is 2.48 bits per heavy atom. The smallest absolute Gasteiger partial charge is 0.142 e. The van der Waals surface area contributed by atoms with Gasteiger partial charge in [0.2, 0.25) is 0 Å². The van der Waals surface area contributed by atoms with Crippen LogP contribution in [0.25, 0.3) is 11.1 Å². The first-order chi connectivity index (χ1) is 16.2. The monoisotopic (exact) mass is 431 g/mol. The number of rotatable bonds is 5. The fourth-order valence-corrected chi connectivity index (χ4v) is 4.70. The van der Waals surface area contributed by atoms with Gasteiger partial charge in [-0.15, -0.1) is 0 Å². The molecule has 4 aromatic rings. The molecule has 0 aliphatic heterocycles. The summed E-state index contributed by atoms with van der Waals surface area (Å²) in [5.41, 5.74) is 13.1. The minimum absolute atomic E-state index is 0.306. The number of hydrogen-bond acceptors (Lipinski definition) is 4. The maximum absolute atomic E-state index is 9.97. The molecular weight excluding hydrogens is 406 g/mol. The van der Waals surface area contributed by atoms with E-state index in [9.17, 15) is 5.26 Å². The van der Waals surface area contributed by atoms with E-state index in [1.807, 2.05) is 60.7 Å². The summed E-state index contributed by atoms with van der Waals surface area (Å²) in [4.78, 5) is 4.62. The van der Waals surface area contributed by atoms with E-state index in [0.717, 1.165) is 53.0 Å². The van der Waals surface area contributed by atoms with E-state index in [1.54, 1.807) is 0 Å². The molecule has 1 heterocycles. The number of aromatic nitrogens is 1. The second kappa shape index (κ2) is 9.18. The van der Waals surface area contributed by atoms with Crippen LogP contribution in [0.15, 0.2) is 84.9 Å². The number of nitrogens with zero attached hydrogens (tertiary/aromatic N) is 2. The second-order valence-electron chi connectivity index (χ2n) is 8.44. The molecule has 0 fully saturated rings. The highest BCUT2D eigenvalue weighted by molar-refractivity contribution is 5.80. The van der Waals surface area contributed by atoms with E-state index in [0.29, 0.717) is 23.9 Å². The van der Waals surface area contributed by atoms with Crippen LogP contribution in [-0.4, -0.2) is 4.98 Å². The Morgan fingerprint density at radius 1 is 0.970 bits per heavy atom. The molecule has 1 aromatic heterocycles. The lowest BCUT2D eigenvalue weighted by atomic mass is 9.78. The van der Waals surface area contributed by atoms with Crippen molar-refractivity contribution in [2.75, 3.05) is 5.73 Å². The van der Waals surface area contributed by atoms with Crippen LogP contribution in [0.2, 0.25) is 0 Å². The summed E-state index contributed by atoms with van der Waals surface area (Å²) in [6, 6.07) is 30.9. The van der Waals surface area contributed by atoms with Crippen LogP contribution in [0, 0.1) is 11.3 Å². The highest BCUT2D eigenvalue weighted by atomic mass is 16.5. The fourth-order valence-electron chi connectivity index (χ4n) is 4.70. The van der Waals surface area contributed by atoms with Crippen molar-refractivity contribution in [3.05, 3.63) is 113 Å². The lowest BCUT2D eigenvalue weighted by Crippen LogP contribution is -2.17. The van der Waals surface area contributed by atoms with Crippen molar-refractivity contribution in [1.82, 2.24) is 4.98 Å². The molecule has 0 radical (unpaired) electrons. The van der Waals surface area contributed by atoms with Gasteiger partial charge in [-0.3, -0.25) is 0 Å². The molecule has 1 aliphatic rings. The number of benzene rings is 3.